The second-order valence-electron chi connectivity index (χ2n) is 7.54. The Bertz CT molecular complexity index is 736. The molecule has 1 aromatic carbocycles. The first kappa shape index (κ1) is 17.5. The van der Waals surface area contributed by atoms with Gasteiger partial charge >= 0.3 is 0 Å². The second kappa shape index (κ2) is 7.76. The molecular weight excluding hydrogens is 326 g/mol. The molecule has 2 aliphatic heterocycles. The van der Waals surface area contributed by atoms with Gasteiger partial charge in [0.2, 0.25) is 0 Å². The van der Waals surface area contributed by atoms with Gasteiger partial charge in [-0.3, -0.25) is 4.90 Å². The van der Waals surface area contributed by atoms with E-state index >= 15 is 0 Å². The first-order valence-corrected chi connectivity index (χ1v) is 9.88. The van der Waals surface area contributed by atoms with Gasteiger partial charge < -0.3 is 14.9 Å². The van der Waals surface area contributed by atoms with E-state index in [0.717, 1.165) is 68.5 Å². The average Bonchev–Trinajstić information content (AvgIpc) is 2.68. The fourth-order valence-corrected chi connectivity index (χ4v) is 4.03. The molecule has 1 atom stereocenters. The zero-order valence-corrected chi connectivity index (χ0v) is 15.6. The number of aliphatic hydroxyl groups excluding tert-OH is 1. The molecule has 0 amide bonds. The maximum atomic E-state index is 9.64. The van der Waals surface area contributed by atoms with Crippen LogP contribution in [0.25, 0.3) is 11.0 Å². The summed E-state index contributed by atoms with van der Waals surface area (Å²) < 4.78 is 0. The lowest BCUT2D eigenvalue weighted by Crippen LogP contribution is -2.49. The number of piperidine rings is 1. The third-order valence-corrected chi connectivity index (χ3v) is 5.38. The molecule has 140 valence electrons. The van der Waals surface area contributed by atoms with E-state index in [4.69, 9.17) is 9.97 Å². The number of benzene rings is 1. The molecule has 0 bridgehead atoms. The molecule has 1 aromatic heterocycles. The number of piperazine rings is 1. The van der Waals surface area contributed by atoms with Crippen molar-refractivity contribution in [3.8, 4) is 0 Å². The normalized spacial score (nSPS) is 20.5. The highest BCUT2D eigenvalue weighted by molar-refractivity contribution is 5.81. The summed E-state index contributed by atoms with van der Waals surface area (Å²) in [5.74, 6) is 2.08. The molecule has 4 rings (SSSR count). The first-order chi connectivity index (χ1) is 12.7. The lowest BCUT2D eigenvalue weighted by atomic mass is 10.1. The Morgan fingerprint density at radius 1 is 0.846 bits per heavy atom. The van der Waals surface area contributed by atoms with E-state index < -0.39 is 0 Å². The highest BCUT2D eigenvalue weighted by atomic mass is 16.3. The predicted molar refractivity (Wildman–Crippen MR) is 106 cm³/mol. The molecule has 6 nitrogen and oxygen atoms in total. The first-order valence-electron chi connectivity index (χ1n) is 9.88. The molecule has 0 unspecified atom stereocenters. The molecule has 0 aliphatic carbocycles. The standard InChI is InChI=1S/C20H29N5O/c1-16(26)15-23-11-13-25(14-12-23)20-19(24-9-5-2-6-10-24)21-17-7-3-4-8-18(17)22-20/h3-4,7-8,16,26H,2,5-6,9-15H2,1H3/t16-/m1/s1. The van der Waals surface area contributed by atoms with Crippen molar-refractivity contribution in [2.75, 3.05) is 55.6 Å². The van der Waals surface area contributed by atoms with Crippen LogP contribution in [0, 0.1) is 0 Å². The SMILES string of the molecule is C[C@@H](O)CN1CCN(c2nc3ccccc3nc2N2CCCCC2)CC1. The van der Waals surface area contributed by atoms with Crippen LogP contribution < -0.4 is 9.80 Å². The van der Waals surface area contributed by atoms with Crippen LogP contribution in [0.1, 0.15) is 26.2 Å². The number of fused-ring (bicyclic) bond motifs is 1. The molecule has 1 N–H and O–H groups in total. The Balaban J connectivity index is 1.62. The van der Waals surface area contributed by atoms with Crippen molar-refractivity contribution in [1.29, 1.82) is 0 Å². The Labute approximate surface area is 155 Å². The van der Waals surface area contributed by atoms with Crippen LogP contribution in [0.5, 0.6) is 0 Å². The van der Waals surface area contributed by atoms with Crippen LogP contribution in [0.3, 0.4) is 0 Å². The molecule has 2 aliphatic rings. The van der Waals surface area contributed by atoms with Crippen molar-refractivity contribution in [3.63, 3.8) is 0 Å². The van der Waals surface area contributed by atoms with E-state index in [2.05, 4.69) is 26.8 Å². The summed E-state index contributed by atoms with van der Waals surface area (Å²) >= 11 is 0. The van der Waals surface area contributed by atoms with Gasteiger partial charge in [-0.25, -0.2) is 9.97 Å². The van der Waals surface area contributed by atoms with Crippen LogP contribution in [0.2, 0.25) is 0 Å². The molecule has 6 heteroatoms. The quantitative estimate of drug-likeness (QED) is 0.907. The van der Waals surface area contributed by atoms with Crippen LogP contribution in [-0.2, 0) is 0 Å². The van der Waals surface area contributed by atoms with E-state index in [1.165, 1.54) is 19.3 Å². The smallest absolute Gasteiger partial charge is 0.172 e. The molecule has 26 heavy (non-hydrogen) atoms. The molecular formula is C20H29N5O. The van der Waals surface area contributed by atoms with E-state index in [1.807, 2.05) is 19.1 Å². The van der Waals surface area contributed by atoms with Crippen molar-refractivity contribution in [2.45, 2.75) is 32.3 Å². The maximum Gasteiger partial charge on any atom is 0.172 e. The third-order valence-electron chi connectivity index (χ3n) is 5.38. The predicted octanol–water partition coefficient (Wildman–Crippen LogP) is 2.12. The number of aromatic nitrogens is 2. The number of rotatable bonds is 4. The fourth-order valence-electron chi connectivity index (χ4n) is 4.03. The minimum absolute atomic E-state index is 0.272. The highest BCUT2D eigenvalue weighted by Gasteiger charge is 2.25. The Morgan fingerprint density at radius 3 is 1.92 bits per heavy atom. The number of β-amino-alcohol motifs (C(OH)–C–C–N with tert-alkyl or cyclic N) is 1. The average molecular weight is 355 g/mol. The second-order valence-corrected chi connectivity index (χ2v) is 7.54. The molecule has 2 aromatic rings. The van der Waals surface area contributed by atoms with Gasteiger partial charge in [0.1, 0.15) is 0 Å². The van der Waals surface area contributed by atoms with E-state index in [-0.39, 0.29) is 6.10 Å². The van der Waals surface area contributed by atoms with Crippen molar-refractivity contribution >= 4 is 22.7 Å². The van der Waals surface area contributed by atoms with Crippen LogP contribution >= 0.6 is 0 Å². The third kappa shape index (κ3) is 3.76. The van der Waals surface area contributed by atoms with Gasteiger partial charge in [-0.15, -0.1) is 0 Å². The molecule has 0 saturated carbocycles. The largest absolute Gasteiger partial charge is 0.392 e. The zero-order valence-electron chi connectivity index (χ0n) is 15.6. The molecule has 2 saturated heterocycles. The molecule has 3 heterocycles. The summed E-state index contributed by atoms with van der Waals surface area (Å²) in [5, 5.41) is 9.64. The van der Waals surface area contributed by atoms with Gasteiger partial charge in [0.05, 0.1) is 17.1 Å². The minimum atomic E-state index is -0.272. The Kier molecular flexibility index (Phi) is 5.22. The highest BCUT2D eigenvalue weighted by Crippen LogP contribution is 2.30. The summed E-state index contributed by atoms with van der Waals surface area (Å²) in [7, 11) is 0. The van der Waals surface area contributed by atoms with Crippen molar-refractivity contribution in [2.24, 2.45) is 0 Å². The van der Waals surface area contributed by atoms with Crippen LogP contribution in [-0.4, -0.2) is 71.9 Å². The monoisotopic (exact) mass is 355 g/mol. The van der Waals surface area contributed by atoms with E-state index in [0.29, 0.717) is 0 Å². The van der Waals surface area contributed by atoms with Gasteiger partial charge in [-0.1, -0.05) is 12.1 Å². The number of anilines is 2. The van der Waals surface area contributed by atoms with Gasteiger partial charge in [0.25, 0.3) is 0 Å². The maximum absolute atomic E-state index is 9.64. The van der Waals surface area contributed by atoms with E-state index in [1.54, 1.807) is 0 Å². The summed E-state index contributed by atoms with van der Waals surface area (Å²) in [6.07, 6.45) is 3.50. The number of hydrogen-bond acceptors (Lipinski definition) is 6. The number of para-hydroxylation sites is 2. The lowest BCUT2D eigenvalue weighted by molar-refractivity contribution is 0.122. The molecule has 0 spiro atoms. The summed E-state index contributed by atoms with van der Waals surface area (Å²) in [5.41, 5.74) is 1.94. The van der Waals surface area contributed by atoms with Crippen LogP contribution in [0.15, 0.2) is 24.3 Å². The van der Waals surface area contributed by atoms with Gasteiger partial charge in [0.15, 0.2) is 11.6 Å². The molecule has 0 radical (unpaired) electrons. The Hall–Kier alpha value is -1.92. The van der Waals surface area contributed by atoms with E-state index in [9.17, 15) is 5.11 Å². The van der Waals surface area contributed by atoms with Gasteiger partial charge in [-0.05, 0) is 38.3 Å². The van der Waals surface area contributed by atoms with Gasteiger partial charge in [-0.2, -0.15) is 0 Å². The van der Waals surface area contributed by atoms with Crippen molar-refractivity contribution in [3.05, 3.63) is 24.3 Å². The summed E-state index contributed by atoms with van der Waals surface area (Å²) in [6, 6.07) is 8.17. The van der Waals surface area contributed by atoms with Crippen LogP contribution in [0.4, 0.5) is 11.6 Å². The lowest BCUT2D eigenvalue weighted by Gasteiger charge is -2.38. The molecule has 2 fully saturated rings. The fraction of sp³-hybridized carbons (Fsp3) is 0.600. The topological polar surface area (TPSA) is 55.7 Å². The number of aliphatic hydroxyl groups is 1. The summed E-state index contributed by atoms with van der Waals surface area (Å²) in [6.45, 7) is 8.52. The Morgan fingerprint density at radius 2 is 1.38 bits per heavy atom. The van der Waals surface area contributed by atoms with Crippen molar-refractivity contribution < 1.29 is 5.11 Å². The zero-order chi connectivity index (χ0) is 17.9. The summed E-state index contributed by atoms with van der Waals surface area (Å²) in [4.78, 5) is 17.1. The number of nitrogens with zero attached hydrogens (tertiary/aromatic N) is 5. The van der Waals surface area contributed by atoms with Crippen molar-refractivity contribution in [1.82, 2.24) is 14.9 Å². The minimum Gasteiger partial charge on any atom is -0.392 e. The van der Waals surface area contributed by atoms with Gasteiger partial charge in [0, 0.05) is 45.8 Å². The number of hydrogen-bond donors (Lipinski definition) is 1.